The number of nitro benzene ring substituents is 1. The number of para-hydroxylation sites is 1. The first-order valence-corrected chi connectivity index (χ1v) is 8.83. The van der Waals surface area contributed by atoms with E-state index in [2.05, 4.69) is 6.07 Å². The molecule has 0 bridgehead atoms. The highest BCUT2D eigenvalue weighted by atomic mass is 16.6. The van der Waals surface area contributed by atoms with E-state index in [9.17, 15) is 20.2 Å². The number of hydrogen-bond donors (Lipinski definition) is 0. The fourth-order valence-electron chi connectivity index (χ4n) is 2.75. The fourth-order valence-corrected chi connectivity index (χ4v) is 2.75. The molecule has 3 aromatic carbocycles. The monoisotopic (exact) mass is 400 g/mol. The van der Waals surface area contributed by atoms with Crippen LogP contribution >= 0.6 is 0 Å². The van der Waals surface area contributed by atoms with Crippen molar-refractivity contribution in [1.82, 2.24) is 0 Å². The van der Waals surface area contributed by atoms with Gasteiger partial charge in [-0.1, -0.05) is 30.3 Å². The fraction of sp³-hybridized carbons (Fsp3) is 0.0435. The van der Waals surface area contributed by atoms with E-state index in [-0.39, 0.29) is 17.0 Å². The van der Waals surface area contributed by atoms with Crippen LogP contribution in [0.5, 0.6) is 11.5 Å². The Morgan fingerprint density at radius 3 is 2.47 bits per heavy atom. The number of allylic oxidation sites excluding steroid dienone is 1. The normalized spacial score (nSPS) is 10.7. The van der Waals surface area contributed by atoms with Crippen LogP contribution in [0.15, 0.2) is 72.8 Å². The molecule has 0 fully saturated rings. The molecule has 0 spiro atoms. The van der Waals surface area contributed by atoms with Gasteiger partial charge in [-0.2, -0.15) is 5.26 Å². The molecule has 0 unspecified atom stereocenters. The maximum absolute atomic E-state index is 12.2. The van der Waals surface area contributed by atoms with Crippen LogP contribution in [-0.4, -0.2) is 18.0 Å². The summed E-state index contributed by atoms with van der Waals surface area (Å²) in [5.74, 6) is 0.168. The van der Waals surface area contributed by atoms with Gasteiger partial charge in [-0.15, -0.1) is 0 Å². The standard InChI is InChI=1S/C23H16N2O5/c1-29-22-8-3-2-7-21(22)18(15-24)13-16-9-11-20(12-10-16)30-23(26)17-5-4-6-19(14-17)25(27)28/h2-14H,1H3/b18-13-. The van der Waals surface area contributed by atoms with Gasteiger partial charge in [0, 0.05) is 17.7 Å². The van der Waals surface area contributed by atoms with E-state index in [0.717, 1.165) is 11.6 Å². The van der Waals surface area contributed by atoms with Gasteiger partial charge in [0.05, 0.1) is 29.2 Å². The summed E-state index contributed by atoms with van der Waals surface area (Å²) in [6.45, 7) is 0. The lowest BCUT2D eigenvalue weighted by molar-refractivity contribution is -0.384. The van der Waals surface area contributed by atoms with Crippen molar-refractivity contribution >= 4 is 23.3 Å². The Bertz CT molecular complexity index is 1160. The van der Waals surface area contributed by atoms with E-state index in [1.54, 1.807) is 49.6 Å². The van der Waals surface area contributed by atoms with E-state index < -0.39 is 10.9 Å². The van der Waals surface area contributed by atoms with Crippen LogP contribution in [0.1, 0.15) is 21.5 Å². The van der Waals surface area contributed by atoms with E-state index in [1.807, 2.05) is 12.1 Å². The molecule has 0 atom stereocenters. The molecular weight excluding hydrogens is 384 g/mol. The Balaban J connectivity index is 1.78. The van der Waals surface area contributed by atoms with Gasteiger partial charge < -0.3 is 9.47 Å². The maximum atomic E-state index is 12.2. The van der Waals surface area contributed by atoms with Crippen molar-refractivity contribution in [2.75, 3.05) is 7.11 Å². The number of nitrogens with zero attached hydrogens (tertiary/aromatic N) is 2. The van der Waals surface area contributed by atoms with Crippen LogP contribution in [0.25, 0.3) is 11.6 Å². The van der Waals surface area contributed by atoms with Gasteiger partial charge in [-0.25, -0.2) is 4.79 Å². The van der Waals surface area contributed by atoms with Crippen molar-refractivity contribution in [2.24, 2.45) is 0 Å². The van der Waals surface area contributed by atoms with Crippen molar-refractivity contribution in [3.8, 4) is 17.6 Å². The third kappa shape index (κ3) is 4.69. The third-order valence-electron chi connectivity index (χ3n) is 4.21. The summed E-state index contributed by atoms with van der Waals surface area (Å²) in [6, 6.07) is 21.3. The van der Waals surface area contributed by atoms with E-state index in [4.69, 9.17) is 9.47 Å². The second kappa shape index (κ2) is 9.17. The molecule has 0 N–H and O–H groups in total. The van der Waals surface area contributed by atoms with Gasteiger partial charge in [0.25, 0.3) is 5.69 Å². The number of benzene rings is 3. The van der Waals surface area contributed by atoms with Gasteiger partial charge in [-0.3, -0.25) is 10.1 Å². The molecule has 7 heteroatoms. The first-order chi connectivity index (χ1) is 14.5. The SMILES string of the molecule is COc1ccccc1/C(C#N)=C\c1ccc(OC(=O)c2cccc([N+](=O)[O-])c2)cc1. The molecule has 0 aliphatic rings. The minimum absolute atomic E-state index is 0.0797. The van der Waals surface area contributed by atoms with Crippen molar-refractivity contribution in [2.45, 2.75) is 0 Å². The number of ether oxygens (including phenoxy) is 2. The molecule has 0 saturated heterocycles. The molecule has 0 aliphatic heterocycles. The molecule has 148 valence electrons. The molecule has 3 aromatic rings. The highest BCUT2D eigenvalue weighted by Gasteiger charge is 2.13. The predicted molar refractivity (Wildman–Crippen MR) is 111 cm³/mol. The number of esters is 1. The maximum Gasteiger partial charge on any atom is 0.343 e. The van der Waals surface area contributed by atoms with Gasteiger partial charge in [0.2, 0.25) is 0 Å². The lowest BCUT2D eigenvalue weighted by Gasteiger charge is -2.07. The van der Waals surface area contributed by atoms with E-state index >= 15 is 0 Å². The molecule has 0 saturated carbocycles. The molecule has 0 amide bonds. The van der Waals surface area contributed by atoms with Crippen molar-refractivity contribution in [3.63, 3.8) is 0 Å². The zero-order valence-corrected chi connectivity index (χ0v) is 15.9. The van der Waals surface area contributed by atoms with Crippen LogP contribution in [0.3, 0.4) is 0 Å². The average Bonchev–Trinajstić information content (AvgIpc) is 2.78. The zero-order valence-electron chi connectivity index (χ0n) is 15.9. The first-order valence-electron chi connectivity index (χ1n) is 8.83. The minimum Gasteiger partial charge on any atom is -0.496 e. The van der Waals surface area contributed by atoms with Crippen molar-refractivity contribution < 1.29 is 19.2 Å². The second-order valence-electron chi connectivity index (χ2n) is 6.14. The number of rotatable bonds is 6. The summed E-state index contributed by atoms with van der Waals surface area (Å²) in [4.78, 5) is 22.5. The second-order valence-corrected chi connectivity index (χ2v) is 6.14. The number of carbonyl (C=O) groups excluding carboxylic acids is 1. The van der Waals surface area contributed by atoms with Crippen LogP contribution in [0.4, 0.5) is 5.69 Å². The van der Waals surface area contributed by atoms with Gasteiger partial charge in [0.15, 0.2) is 0 Å². The molecule has 0 aromatic heterocycles. The summed E-state index contributed by atoms with van der Waals surface area (Å²) in [7, 11) is 1.54. The summed E-state index contributed by atoms with van der Waals surface area (Å²) >= 11 is 0. The number of nitriles is 1. The summed E-state index contributed by atoms with van der Waals surface area (Å²) in [5, 5.41) is 20.4. The van der Waals surface area contributed by atoms with Crippen LogP contribution in [-0.2, 0) is 0 Å². The quantitative estimate of drug-likeness (QED) is 0.146. The van der Waals surface area contributed by atoms with Gasteiger partial charge in [-0.05, 0) is 42.0 Å². The predicted octanol–water partition coefficient (Wildman–Crippen LogP) is 4.89. The Morgan fingerprint density at radius 2 is 1.80 bits per heavy atom. The number of hydrogen-bond acceptors (Lipinski definition) is 6. The lowest BCUT2D eigenvalue weighted by Crippen LogP contribution is -2.08. The zero-order chi connectivity index (χ0) is 21.5. The number of carbonyl (C=O) groups is 1. The summed E-state index contributed by atoms with van der Waals surface area (Å²) in [5.41, 5.74) is 1.71. The highest BCUT2D eigenvalue weighted by Crippen LogP contribution is 2.27. The smallest absolute Gasteiger partial charge is 0.343 e. The lowest BCUT2D eigenvalue weighted by atomic mass is 10.0. The topological polar surface area (TPSA) is 102 Å². The van der Waals surface area contributed by atoms with E-state index in [1.165, 1.54) is 18.2 Å². The molecular formula is C23H16N2O5. The van der Waals surface area contributed by atoms with Crippen molar-refractivity contribution in [1.29, 1.82) is 5.26 Å². The van der Waals surface area contributed by atoms with Crippen LogP contribution < -0.4 is 9.47 Å². The number of non-ortho nitro benzene ring substituents is 1. The Kier molecular flexibility index (Phi) is 6.20. The molecule has 30 heavy (non-hydrogen) atoms. The minimum atomic E-state index is -0.700. The molecule has 0 heterocycles. The molecule has 3 rings (SSSR count). The van der Waals surface area contributed by atoms with E-state index in [0.29, 0.717) is 16.9 Å². The third-order valence-corrected chi connectivity index (χ3v) is 4.21. The molecule has 0 radical (unpaired) electrons. The Labute approximate surface area is 172 Å². The van der Waals surface area contributed by atoms with Crippen LogP contribution in [0, 0.1) is 21.4 Å². The number of nitro groups is 1. The molecule has 7 nitrogen and oxygen atoms in total. The van der Waals surface area contributed by atoms with Gasteiger partial charge >= 0.3 is 5.97 Å². The number of methoxy groups -OCH3 is 1. The molecule has 0 aliphatic carbocycles. The summed E-state index contributed by atoms with van der Waals surface area (Å²) in [6.07, 6.45) is 1.70. The Morgan fingerprint density at radius 1 is 1.07 bits per heavy atom. The largest absolute Gasteiger partial charge is 0.496 e. The van der Waals surface area contributed by atoms with Crippen LogP contribution in [0.2, 0.25) is 0 Å². The van der Waals surface area contributed by atoms with Gasteiger partial charge in [0.1, 0.15) is 11.5 Å². The Hall–Kier alpha value is -4.44. The summed E-state index contributed by atoms with van der Waals surface area (Å²) < 4.78 is 10.6. The average molecular weight is 400 g/mol. The highest BCUT2D eigenvalue weighted by molar-refractivity contribution is 5.92. The van der Waals surface area contributed by atoms with Crippen molar-refractivity contribution in [3.05, 3.63) is 99.6 Å². The first kappa shape index (κ1) is 20.3.